The fourth-order valence-electron chi connectivity index (χ4n) is 3.75. The van der Waals surface area contributed by atoms with Gasteiger partial charge in [-0.05, 0) is 25.0 Å². The molecular weight excluding hydrogens is 398 g/mol. The van der Waals surface area contributed by atoms with Crippen LogP contribution in [0.4, 0.5) is 22.2 Å². The number of hydrogen-bond acceptors (Lipinski definition) is 7. The molecule has 2 heterocycles. The van der Waals surface area contributed by atoms with E-state index in [4.69, 9.17) is 4.98 Å². The van der Waals surface area contributed by atoms with E-state index in [1.165, 1.54) is 0 Å². The summed E-state index contributed by atoms with van der Waals surface area (Å²) in [5.41, 5.74) is 3.98. The lowest BCUT2D eigenvalue weighted by Gasteiger charge is -2.36. The van der Waals surface area contributed by atoms with E-state index >= 15 is 0 Å². The van der Waals surface area contributed by atoms with Crippen LogP contribution in [0.2, 0.25) is 0 Å². The Kier molecular flexibility index (Phi) is 5.00. The molecule has 0 unspecified atom stereocenters. The second-order valence-corrected chi connectivity index (χ2v) is 8.57. The van der Waals surface area contributed by atoms with Gasteiger partial charge in [-0.25, -0.2) is 4.98 Å². The molecule has 2 aliphatic rings. The van der Waals surface area contributed by atoms with E-state index in [2.05, 4.69) is 32.6 Å². The third-order valence-corrected chi connectivity index (χ3v) is 6.49. The van der Waals surface area contributed by atoms with Gasteiger partial charge in [-0.1, -0.05) is 30.3 Å². The molecule has 2 fully saturated rings. The summed E-state index contributed by atoms with van der Waals surface area (Å²) >= 11 is 1.68. The summed E-state index contributed by atoms with van der Waals surface area (Å²) in [6, 6.07) is 16.0. The normalized spacial score (nSPS) is 16.5. The molecule has 7 nitrogen and oxygen atoms in total. The Morgan fingerprint density at radius 3 is 2.47 bits per heavy atom. The zero-order valence-electron chi connectivity index (χ0n) is 16.5. The Morgan fingerprint density at radius 1 is 1.03 bits per heavy atom. The minimum absolute atomic E-state index is 0.153. The van der Waals surface area contributed by atoms with Crippen molar-refractivity contribution in [2.45, 2.75) is 18.9 Å². The molecule has 1 aromatic heterocycles. The second kappa shape index (κ2) is 7.95. The van der Waals surface area contributed by atoms with Crippen LogP contribution in [0.15, 0.2) is 53.9 Å². The van der Waals surface area contributed by atoms with Crippen molar-refractivity contribution in [3.63, 3.8) is 0 Å². The Balaban J connectivity index is 1.27. The van der Waals surface area contributed by atoms with E-state index in [9.17, 15) is 10.1 Å². The first-order chi connectivity index (χ1) is 14.7. The number of nitro benzene ring substituents is 1. The Morgan fingerprint density at radius 2 is 1.77 bits per heavy atom. The molecule has 1 saturated carbocycles. The van der Waals surface area contributed by atoms with E-state index in [-0.39, 0.29) is 10.6 Å². The summed E-state index contributed by atoms with van der Waals surface area (Å²) in [5, 5.41) is 17.8. The molecule has 3 aromatic rings. The molecule has 0 amide bonds. The number of aromatic nitrogens is 1. The van der Waals surface area contributed by atoms with Gasteiger partial charge in [-0.2, -0.15) is 0 Å². The summed E-state index contributed by atoms with van der Waals surface area (Å²) in [7, 11) is 0. The summed E-state index contributed by atoms with van der Waals surface area (Å²) in [6.45, 7) is 3.48. The van der Waals surface area contributed by atoms with Crippen molar-refractivity contribution in [1.82, 2.24) is 4.98 Å². The molecular formula is C22H23N5O2S. The minimum Gasteiger partial charge on any atom is -0.377 e. The number of nitrogens with zero attached hydrogens (tertiary/aromatic N) is 4. The van der Waals surface area contributed by atoms with E-state index in [1.807, 2.05) is 30.3 Å². The zero-order chi connectivity index (χ0) is 20.5. The second-order valence-electron chi connectivity index (χ2n) is 7.73. The number of rotatable bonds is 6. The van der Waals surface area contributed by atoms with Crippen LogP contribution >= 0.6 is 11.3 Å². The van der Waals surface area contributed by atoms with Crippen LogP contribution in [-0.4, -0.2) is 42.1 Å². The van der Waals surface area contributed by atoms with Crippen LogP contribution in [-0.2, 0) is 0 Å². The molecule has 1 aliphatic carbocycles. The van der Waals surface area contributed by atoms with Gasteiger partial charge >= 0.3 is 0 Å². The minimum atomic E-state index is -0.306. The van der Waals surface area contributed by atoms with Gasteiger partial charge in [0.1, 0.15) is 5.69 Å². The fourth-order valence-corrected chi connectivity index (χ4v) is 4.64. The Hall–Kier alpha value is -3.13. The number of nitro groups is 1. The lowest BCUT2D eigenvalue weighted by atomic mass is 10.2. The van der Waals surface area contributed by atoms with E-state index in [1.54, 1.807) is 17.4 Å². The highest BCUT2D eigenvalue weighted by Gasteiger charge is 2.26. The quantitative estimate of drug-likeness (QED) is 0.462. The van der Waals surface area contributed by atoms with Crippen molar-refractivity contribution in [3.05, 3.63) is 64.0 Å². The topological polar surface area (TPSA) is 74.5 Å². The number of hydrogen-bond donors (Lipinski definition) is 1. The molecule has 154 valence electrons. The summed E-state index contributed by atoms with van der Waals surface area (Å²) in [6.07, 6.45) is 2.16. The van der Waals surface area contributed by atoms with E-state index < -0.39 is 0 Å². The lowest BCUT2D eigenvalue weighted by molar-refractivity contribution is -0.384. The number of piperazine rings is 1. The number of benzene rings is 2. The van der Waals surface area contributed by atoms with Crippen molar-refractivity contribution >= 4 is 33.5 Å². The van der Waals surface area contributed by atoms with Gasteiger partial charge in [0.05, 0.1) is 10.6 Å². The molecule has 0 bridgehead atoms. The maximum Gasteiger partial charge on any atom is 0.292 e. The molecule has 0 atom stereocenters. The first-order valence-corrected chi connectivity index (χ1v) is 11.1. The summed E-state index contributed by atoms with van der Waals surface area (Å²) in [5.74, 6) is 0. The van der Waals surface area contributed by atoms with Crippen molar-refractivity contribution < 1.29 is 4.92 Å². The third-order valence-electron chi connectivity index (χ3n) is 5.59. The highest BCUT2D eigenvalue weighted by molar-refractivity contribution is 7.14. The predicted molar refractivity (Wildman–Crippen MR) is 122 cm³/mol. The SMILES string of the molecule is O=[N+]([O-])c1ccc(N2CCN(c3nc(-c4ccccc4)cs3)CC2)cc1NC1CC1. The van der Waals surface area contributed by atoms with Crippen LogP contribution in [0.5, 0.6) is 0 Å². The third kappa shape index (κ3) is 3.95. The molecule has 2 aromatic carbocycles. The predicted octanol–water partition coefficient (Wildman–Crippen LogP) is 4.62. The van der Waals surface area contributed by atoms with Crippen LogP contribution in [0.3, 0.4) is 0 Å². The smallest absolute Gasteiger partial charge is 0.292 e. The fraction of sp³-hybridized carbons (Fsp3) is 0.318. The molecule has 1 aliphatic heterocycles. The Labute approximate surface area is 179 Å². The summed E-state index contributed by atoms with van der Waals surface area (Å²) in [4.78, 5) is 20.5. The molecule has 0 radical (unpaired) electrons. The zero-order valence-corrected chi connectivity index (χ0v) is 17.3. The Bertz CT molecular complexity index is 1040. The maximum absolute atomic E-state index is 11.4. The van der Waals surface area contributed by atoms with Gasteiger partial charge in [0, 0.05) is 54.9 Å². The number of thiazole rings is 1. The average molecular weight is 422 g/mol. The van der Waals surface area contributed by atoms with Crippen LogP contribution in [0, 0.1) is 10.1 Å². The van der Waals surface area contributed by atoms with E-state index in [0.29, 0.717) is 11.7 Å². The van der Waals surface area contributed by atoms with Crippen molar-refractivity contribution in [2.24, 2.45) is 0 Å². The van der Waals surface area contributed by atoms with Crippen LogP contribution in [0.25, 0.3) is 11.3 Å². The molecule has 5 rings (SSSR count). The first-order valence-electron chi connectivity index (χ1n) is 10.2. The molecule has 30 heavy (non-hydrogen) atoms. The number of nitrogens with one attached hydrogen (secondary N) is 1. The van der Waals surface area contributed by atoms with Crippen molar-refractivity contribution in [1.29, 1.82) is 0 Å². The van der Waals surface area contributed by atoms with Gasteiger partial charge in [0.2, 0.25) is 0 Å². The van der Waals surface area contributed by atoms with Crippen molar-refractivity contribution in [2.75, 3.05) is 41.3 Å². The highest BCUT2D eigenvalue weighted by atomic mass is 32.1. The standard InChI is InChI=1S/C22H23N5O2S/c28-27(29)21-9-8-18(14-19(21)23-17-6-7-17)25-10-12-26(13-11-25)22-24-20(15-30-22)16-4-2-1-3-5-16/h1-5,8-9,14-15,17,23H,6-7,10-13H2. The van der Waals surface area contributed by atoms with Gasteiger partial charge in [0.15, 0.2) is 5.13 Å². The first kappa shape index (κ1) is 18.9. The molecule has 1 saturated heterocycles. The van der Waals surface area contributed by atoms with Gasteiger partial charge < -0.3 is 15.1 Å². The largest absolute Gasteiger partial charge is 0.377 e. The summed E-state index contributed by atoms with van der Waals surface area (Å²) < 4.78 is 0. The van der Waals surface area contributed by atoms with Crippen molar-refractivity contribution in [3.8, 4) is 11.3 Å². The van der Waals surface area contributed by atoms with Crippen LogP contribution < -0.4 is 15.1 Å². The molecule has 0 spiro atoms. The van der Waals surface area contributed by atoms with Crippen LogP contribution in [0.1, 0.15) is 12.8 Å². The molecule has 1 N–H and O–H groups in total. The maximum atomic E-state index is 11.4. The van der Waals surface area contributed by atoms with Gasteiger partial charge in [0.25, 0.3) is 5.69 Å². The monoisotopic (exact) mass is 421 g/mol. The number of anilines is 3. The molecule has 8 heteroatoms. The average Bonchev–Trinajstić information content (AvgIpc) is 3.46. The van der Waals surface area contributed by atoms with E-state index in [0.717, 1.165) is 61.1 Å². The highest BCUT2D eigenvalue weighted by Crippen LogP contribution is 2.35. The lowest BCUT2D eigenvalue weighted by Crippen LogP contribution is -2.46. The van der Waals surface area contributed by atoms with Gasteiger partial charge in [-0.15, -0.1) is 11.3 Å². The van der Waals surface area contributed by atoms with Gasteiger partial charge in [-0.3, -0.25) is 10.1 Å².